The predicted molar refractivity (Wildman–Crippen MR) is 118 cm³/mol. The maximum absolute atomic E-state index is 12.7. The Labute approximate surface area is 186 Å². The van der Waals surface area contributed by atoms with E-state index >= 15 is 0 Å². The zero-order valence-electron chi connectivity index (χ0n) is 17.5. The maximum Gasteiger partial charge on any atom is 0.408 e. The van der Waals surface area contributed by atoms with Gasteiger partial charge in [-0.15, -0.1) is 12.3 Å². The third kappa shape index (κ3) is 3.92. The number of benzene rings is 2. The second kappa shape index (κ2) is 8.75. The zero-order chi connectivity index (χ0) is 22.7. The molecule has 0 heterocycles. The summed E-state index contributed by atoms with van der Waals surface area (Å²) < 4.78 is 5.54. The second-order valence-electron chi connectivity index (χ2n) is 8.16. The molecule has 2 aromatic rings. The summed E-state index contributed by atoms with van der Waals surface area (Å²) in [6.45, 7) is 0.131. The van der Waals surface area contributed by atoms with E-state index in [1.54, 1.807) is 0 Å². The topological polar surface area (TPSA) is 105 Å². The number of alkyl carbamates (subject to hydrolysis) is 1. The van der Waals surface area contributed by atoms with Crippen LogP contribution in [0.3, 0.4) is 0 Å². The molecule has 0 bridgehead atoms. The molecule has 32 heavy (non-hydrogen) atoms. The number of terminal acetylenes is 1. The third-order valence-corrected chi connectivity index (χ3v) is 6.25. The van der Waals surface area contributed by atoms with E-state index in [4.69, 9.17) is 11.2 Å². The van der Waals surface area contributed by atoms with Gasteiger partial charge in [0.2, 0.25) is 5.91 Å². The van der Waals surface area contributed by atoms with Gasteiger partial charge in [-0.3, -0.25) is 4.79 Å². The average molecular weight is 432 g/mol. The number of hydrogen-bond acceptors (Lipinski definition) is 4. The molecule has 1 unspecified atom stereocenters. The van der Waals surface area contributed by atoms with Crippen LogP contribution in [0, 0.1) is 12.3 Å². The van der Waals surface area contributed by atoms with Crippen LogP contribution in [0.15, 0.2) is 48.5 Å². The first-order valence-electron chi connectivity index (χ1n) is 10.6. The number of rotatable bonds is 7. The first-order chi connectivity index (χ1) is 15.4. The molecule has 2 aromatic carbocycles. The molecule has 1 saturated carbocycles. The van der Waals surface area contributed by atoms with Gasteiger partial charge in [-0.25, -0.2) is 9.59 Å². The van der Waals surface area contributed by atoms with Gasteiger partial charge in [0.1, 0.15) is 18.2 Å². The lowest BCUT2D eigenvalue weighted by Crippen LogP contribution is -2.64. The fourth-order valence-corrected chi connectivity index (χ4v) is 4.38. The van der Waals surface area contributed by atoms with E-state index in [-0.39, 0.29) is 18.9 Å². The summed E-state index contributed by atoms with van der Waals surface area (Å²) in [7, 11) is 0. The minimum Gasteiger partial charge on any atom is -0.480 e. The summed E-state index contributed by atoms with van der Waals surface area (Å²) >= 11 is 0. The Morgan fingerprint density at radius 3 is 2.19 bits per heavy atom. The largest absolute Gasteiger partial charge is 0.480 e. The fraction of sp³-hybridized carbons (Fsp3) is 0.320. The monoisotopic (exact) mass is 432 g/mol. The molecule has 1 fully saturated rings. The van der Waals surface area contributed by atoms with Crippen LogP contribution in [0.4, 0.5) is 4.79 Å². The van der Waals surface area contributed by atoms with Gasteiger partial charge in [0.05, 0.1) is 0 Å². The first kappa shape index (κ1) is 21.4. The molecule has 0 radical (unpaired) electrons. The number of ether oxygens (including phenoxy) is 1. The van der Waals surface area contributed by atoms with Crippen molar-refractivity contribution in [2.75, 3.05) is 6.61 Å². The van der Waals surface area contributed by atoms with Crippen molar-refractivity contribution >= 4 is 18.0 Å². The molecule has 0 aliphatic heterocycles. The molecule has 0 saturated heterocycles. The quantitative estimate of drug-likeness (QED) is 0.584. The van der Waals surface area contributed by atoms with Crippen LogP contribution in [0.5, 0.6) is 0 Å². The highest BCUT2D eigenvalue weighted by molar-refractivity contribution is 5.93. The number of carbonyl (C=O) groups excluding carboxylic acids is 2. The molecule has 4 rings (SSSR count). The van der Waals surface area contributed by atoms with Crippen LogP contribution < -0.4 is 10.6 Å². The van der Waals surface area contributed by atoms with E-state index in [0.29, 0.717) is 12.8 Å². The van der Waals surface area contributed by atoms with Crippen molar-refractivity contribution in [3.63, 3.8) is 0 Å². The van der Waals surface area contributed by atoms with Gasteiger partial charge < -0.3 is 20.5 Å². The molecular formula is C25H24N2O5. The molecule has 0 aromatic heterocycles. The summed E-state index contributed by atoms with van der Waals surface area (Å²) in [5.74, 6) is 0.380. The van der Waals surface area contributed by atoms with Crippen molar-refractivity contribution in [3.05, 3.63) is 59.7 Å². The Kier molecular flexibility index (Phi) is 5.87. The standard InChI is InChI=1S/C25H24N2O5/c1-2-8-21(22(28)29)26-23(30)25(13-7-14-25)27-24(31)32-15-20-18-11-5-3-9-16(18)17-10-4-6-12-19(17)20/h1,3-6,9-12,20-21H,7-8,13-15H2,(H,26,30)(H,27,31)(H,28,29). The fourth-order valence-electron chi connectivity index (χ4n) is 4.38. The highest BCUT2D eigenvalue weighted by atomic mass is 16.5. The number of nitrogens with one attached hydrogen (secondary N) is 2. The van der Waals surface area contributed by atoms with Gasteiger partial charge in [0.15, 0.2) is 0 Å². The zero-order valence-corrected chi connectivity index (χ0v) is 17.5. The minimum absolute atomic E-state index is 0.0914. The van der Waals surface area contributed by atoms with Crippen LogP contribution in [-0.4, -0.2) is 41.3 Å². The Hall–Kier alpha value is -3.79. The van der Waals surface area contributed by atoms with E-state index in [1.807, 2.05) is 36.4 Å². The molecule has 2 amide bonds. The SMILES string of the molecule is C#CCC(NC(=O)C1(NC(=O)OCC2c3ccccc3-c3ccccc32)CCC1)C(=O)O. The lowest BCUT2D eigenvalue weighted by Gasteiger charge is -2.40. The molecule has 2 aliphatic rings. The Balaban J connectivity index is 1.42. The highest BCUT2D eigenvalue weighted by Gasteiger charge is 2.47. The van der Waals surface area contributed by atoms with Gasteiger partial charge >= 0.3 is 12.1 Å². The smallest absolute Gasteiger partial charge is 0.408 e. The summed E-state index contributed by atoms with van der Waals surface area (Å²) in [6.07, 6.45) is 5.91. The molecule has 3 N–H and O–H groups in total. The van der Waals surface area contributed by atoms with Crippen LogP contribution in [0.25, 0.3) is 11.1 Å². The second-order valence-corrected chi connectivity index (χ2v) is 8.16. The van der Waals surface area contributed by atoms with Gasteiger partial charge in [0, 0.05) is 12.3 Å². The number of hydrogen-bond donors (Lipinski definition) is 3. The first-order valence-corrected chi connectivity index (χ1v) is 10.6. The van der Waals surface area contributed by atoms with Crippen molar-refractivity contribution in [3.8, 4) is 23.5 Å². The van der Waals surface area contributed by atoms with Gasteiger partial charge in [-0.05, 0) is 41.5 Å². The third-order valence-electron chi connectivity index (χ3n) is 6.25. The van der Waals surface area contributed by atoms with Crippen molar-refractivity contribution < 1.29 is 24.2 Å². The van der Waals surface area contributed by atoms with E-state index in [2.05, 4.69) is 28.7 Å². The summed E-state index contributed by atoms with van der Waals surface area (Å²) in [5.41, 5.74) is 3.26. The van der Waals surface area contributed by atoms with Gasteiger partial charge in [-0.2, -0.15) is 0 Å². The van der Waals surface area contributed by atoms with E-state index in [1.165, 1.54) is 0 Å². The Morgan fingerprint density at radius 2 is 1.69 bits per heavy atom. The number of aliphatic carboxylic acids is 1. The summed E-state index contributed by atoms with van der Waals surface area (Å²) in [5, 5.41) is 14.3. The molecule has 2 aliphatic carbocycles. The number of fused-ring (bicyclic) bond motifs is 3. The lowest BCUT2D eigenvalue weighted by atomic mass is 9.76. The molecule has 0 spiro atoms. The van der Waals surface area contributed by atoms with E-state index in [0.717, 1.165) is 28.7 Å². The van der Waals surface area contributed by atoms with Crippen LogP contribution >= 0.6 is 0 Å². The van der Waals surface area contributed by atoms with E-state index in [9.17, 15) is 19.5 Å². The van der Waals surface area contributed by atoms with Crippen LogP contribution in [0.1, 0.15) is 42.7 Å². The molecule has 7 heteroatoms. The van der Waals surface area contributed by atoms with Crippen molar-refractivity contribution in [1.29, 1.82) is 0 Å². The predicted octanol–water partition coefficient (Wildman–Crippen LogP) is 3.04. The average Bonchev–Trinajstić information content (AvgIpc) is 3.08. The highest BCUT2D eigenvalue weighted by Crippen LogP contribution is 2.44. The normalized spacial score (nSPS) is 16.5. The van der Waals surface area contributed by atoms with Crippen molar-refractivity contribution in [2.45, 2.75) is 43.2 Å². The van der Waals surface area contributed by atoms with Gasteiger partial charge in [-0.1, -0.05) is 48.5 Å². The number of carboxylic acids is 1. The number of carbonyl (C=O) groups is 3. The minimum atomic E-state index is -1.22. The number of carboxylic acid groups (broad SMARTS) is 1. The van der Waals surface area contributed by atoms with Crippen molar-refractivity contribution in [1.82, 2.24) is 10.6 Å². The Bertz CT molecular complexity index is 1050. The summed E-state index contributed by atoms with van der Waals surface area (Å²) in [6, 6.07) is 14.8. The molecule has 1 atom stereocenters. The lowest BCUT2D eigenvalue weighted by molar-refractivity contribution is -0.143. The van der Waals surface area contributed by atoms with Crippen LogP contribution in [-0.2, 0) is 14.3 Å². The van der Waals surface area contributed by atoms with Gasteiger partial charge in [0.25, 0.3) is 0 Å². The number of amides is 2. The Morgan fingerprint density at radius 1 is 1.09 bits per heavy atom. The maximum atomic E-state index is 12.7. The molecular weight excluding hydrogens is 408 g/mol. The summed E-state index contributed by atoms with van der Waals surface area (Å²) in [4.78, 5) is 36.7. The van der Waals surface area contributed by atoms with Crippen molar-refractivity contribution in [2.24, 2.45) is 0 Å². The van der Waals surface area contributed by atoms with Crippen LogP contribution in [0.2, 0.25) is 0 Å². The van der Waals surface area contributed by atoms with E-state index < -0.39 is 29.6 Å². The molecule has 164 valence electrons. The molecule has 7 nitrogen and oxygen atoms in total.